The van der Waals surface area contributed by atoms with Crippen LogP contribution in [-0.2, 0) is 10.0 Å². The second kappa shape index (κ2) is 8.39. The first-order valence-electron chi connectivity index (χ1n) is 7.31. The van der Waals surface area contributed by atoms with E-state index in [1.807, 2.05) is 31.2 Å². The van der Waals surface area contributed by atoms with E-state index in [9.17, 15) is 8.42 Å². The minimum absolute atomic E-state index is 0.0193. The van der Waals surface area contributed by atoms with Crippen LogP contribution < -0.4 is 14.2 Å². The summed E-state index contributed by atoms with van der Waals surface area (Å²) in [5.41, 5.74) is 1.03. The summed E-state index contributed by atoms with van der Waals surface area (Å²) in [6.45, 7) is 2.17. The number of hydrogen-bond acceptors (Lipinski definition) is 4. The van der Waals surface area contributed by atoms with Crippen LogP contribution in [-0.4, -0.2) is 28.7 Å². The second-order valence-electron chi connectivity index (χ2n) is 4.91. The fourth-order valence-corrected chi connectivity index (χ4v) is 2.84. The number of ether oxygens (including phenoxy) is 2. The molecule has 0 atom stereocenters. The van der Waals surface area contributed by atoms with E-state index < -0.39 is 10.0 Å². The first-order chi connectivity index (χ1) is 11.5. The van der Waals surface area contributed by atoms with Gasteiger partial charge in [-0.2, -0.15) is 4.72 Å². The smallest absolute Gasteiger partial charge is 0.241 e. The van der Waals surface area contributed by atoms with Crippen molar-refractivity contribution >= 4 is 10.0 Å². The predicted octanol–water partition coefficient (Wildman–Crippen LogP) is 2.36. The Morgan fingerprint density at radius 2 is 1.75 bits per heavy atom. The average molecular weight is 345 g/mol. The van der Waals surface area contributed by atoms with Crippen LogP contribution in [0.15, 0.2) is 53.4 Å². The van der Waals surface area contributed by atoms with Crippen LogP contribution in [0.25, 0.3) is 0 Å². The number of nitrogens with one attached hydrogen (secondary N) is 1. The molecule has 5 nitrogen and oxygen atoms in total. The molecular formula is C18H19NO4S. The van der Waals surface area contributed by atoms with Crippen LogP contribution in [0.2, 0.25) is 0 Å². The number of hydrogen-bond donors (Lipinski definition) is 1. The molecule has 126 valence electrons. The van der Waals surface area contributed by atoms with Crippen LogP contribution in [0.3, 0.4) is 0 Å². The van der Waals surface area contributed by atoms with Crippen molar-refractivity contribution in [1.82, 2.24) is 4.72 Å². The van der Waals surface area contributed by atoms with Gasteiger partial charge < -0.3 is 9.47 Å². The Balaban J connectivity index is 1.84. The molecule has 0 aliphatic heterocycles. The van der Waals surface area contributed by atoms with Gasteiger partial charge in [0.2, 0.25) is 10.0 Å². The third-order valence-corrected chi connectivity index (χ3v) is 4.66. The summed E-state index contributed by atoms with van der Waals surface area (Å²) >= 11 is 0. The highest BCUT2D eigenvalue weighted by Crippen LogP contribution is 2.16. The molecule has 2 aromatic carbocycles. The summed E-state index contributed by atoms with van der Waals surface area (Å²) in [6.07, 6.45) is 0. The van der Waals surface area contributed by atoms with Crippen molar-refractivity contribution in [3.8, 4) is 23.3 Å². The van der Waals surface area contributed by atoms with Crippen LogP contribution in [0.4, 0.5) is 0 Å². The summed E-state index contributed by atoms with van der Waals surface area (Å²) in [4.78, 5) is 0.168. The van der Waals surface area contributed by atoms with Crippen molar-refractivity contribution < 1.29 is 17.9 Å². The van der Waals surface area contributed by atoms with Crippen molar-refractivity contribution in [3.05, 3.63) is 54.1 Å². The number of para-hydroxylation sites is 1. The first-order valence-corrected chi connectivity index (χ1v) is 8.79. The van der Waals surface area contributed by atoms with Crippen LogP contribution in [0.5, 0.6) is 11.5 Å². The zero-order valence-corrected chi connectivity index (χ0v) is 14.4. The highest BCUT2D eigenvalue weighted by atomic mass is 32.2. The maximum atomic E-state index is 12.1. The lowest BCUT2D eigenvalue weighted by atomic mass is 10.2. The molecule has 0 heterocycles. The average Bonchev–Trinajstić information content (AvgIpc) is 2.59. The molecule has 2 aromatic rings. The van der Waals surface area contributed by atoms with Crippen molar-refractivity contribution in [2.24, 2.45) is 0 Å². The van der Waals surface area contributed by atoms with Crippen LogP contribution in [0, 0.1) is 18.8 Å². The Morgan fingerprint density at radius 1 is 1.04 bits per heavy atom. The van der Waals surface area contributed by atoms with Gasteiger partial charge in [0.05, 0.1) is 18.6 Å². The molecule has 0 saturated carbocycles. The Morgan fingerprint density at radius 3 is 2.42 bits per heavy atom. The fourth-order valence-electron chi connectivity index (χ4n) is 1.92. The minimum Gasteiger partial charge on any atom is -0.497 e. The summed E-state index contributed by atoms with van der Waals surface area (Å²) in [6, 6.07) is 13.8. The Labute approximate surface area is 142 Å². The van der Waals surface area contributed by atoms with Gasteiger partial charge in [-0.25, -0.2) is 8.42 Å². The zero-order valence-electron chi connectivity index (χ0n) is 13.6. The van der Waals surface area contributed by atoms with E-state index in [4.69, 9.17) is 9.47 Å². The van der Waals surface area contributed by atoms with Gasteiger partial charge in [-0.1, -0.05) is 30.0 Å². The highest BCUT2D eigenvalue weighted by molar-refractivity contribution is 7.89. The maximum absolute atomic E-state index is 12.1. The van der Waals surface area contributed by atoms with Crippen molar-refractivity contribution in [1.29, 1.82) is 0 Å². The Hall–Kier alpha value is -2.49. The summed E-state index contributed by atoms with van der Waals surface area (Å²) in [5.74, 6) is 6.89. The van der Waals surface area contributed by atoms with Gasteiger partial charge in [-0.05, 0) is 42.8 Å². The molecule has 0 fully saturated rings. The molecule has 1 N–H and O–H groups in total. The molecule has 0 aliphatic carbocycles. The standard InChI is InChI=1S/C18H19NO4S/c1-15-7-3-4-8-18(15)23-14-6-5-13-19-24(20,21)17-11-9-16(22-2)10-12-17/h3-4,7-12,19H,13-14H2,1-2H3. The van der Waals surface area contributed by atoms with E-state index in [0.717, 1.165) is 11.3 Å². The lowest BCUT2D eigenvalue weighted by Crippen LogP contribution is -2.24. The molecule has 24 heavy (non-hydrogen) atoms. The molecule has 2 rings (SSSR count). The van der Waals surface area contributed by atoms with E-state index in [2.05, 4.69) is 16.6 Å². The summed E-state index contributed by atoms with van der Waals surface area (Å²) in [5, 5.41) is 0. The van der Waals surface area contributed by atoms with Gasteiger partial charge >= 0.3 is 0 Å². The summed E-state index contributed by atoms with van der Waals surface area (Å²) in [7, 11) is -2.06. The molecule has 0 bridgehead atoms. The monoisotopic (exact) mass is 345 g/mol. The molecule has 0 saturated heterocycles. The summed E-state index contributed by atoms with van der Waals surface area (Å²) < 4.78 is 37.1. The molecule has 0 radical (unpaired) electrons. The third-order valence-electron chi connectivity index (χ3n) is 3.24. The lowest BCUT2D eigenvalue weighted by molar-refractivity contribution is 0.367. The Bertz CT molecular complexity index is 833. The minimum atomic E-state index is -3.58. The molecule has 0 spiro atoms. The maximum Gasteiger partial charge on any atom is 0.241 e. The van der Waals surface area contributed by atoms with Crippen molar-refractivity contribution in [2.45, 2.75) is 11.8 Å². The molecule has 0 aromatic heterocycles. The SMILES string of the molecule is COc1ccc(S(=O)(=O)NCC#CCOc2ccccc2C)cc1. The number of methoxy groups -OCH3 is 1. The fraction of sp³-hybridized carbons (Fsp3) is 0.222. The molecule has 0 unspecified atom stereocenters. The van der Waals surface area contributed by atoms with E-state index >= 15 is 0 Å². The number of rotatable bonds is 6. The van der Waals surface area contributed by atoms with Gasteiger partial charge in [0.15, 0.2) is 0 Å². The molecule has 0 aliphatic rings. The van der Waals surface area contributed by atoms with Gasteiger partial charge in [0.25, 0.3) is 0 Å². The molecule has 6 heteroatoms. The largest absolute Gasteiger partial charge is 0.497 e. The van der Waals surface area contributed by atoms with Crippen molar-refractivity contribution in [3.63, 3.8) is 0 Å². The predicted molar refractivity (Wildman–Crippen MR) is 92.6 cm³/mol. The normalized spacial score (nSPS) is 10.6. The quantitative estimate of drug-likeness (QED) is 0.817. The van der Waals surface area contributed by atoms with Gasteiger partial charge in [0, 0.05) is 0 Å². The van der Waals surface area contributed by atoms with Crippen LogP contribution in [0.1, 0.15) is 5.56 Å². The highest BCUT2D eigenvalue weighted by Gasteiger charge is 2.12. The van der Waals surface area contributed by atoms with Crippen molar-refractivity contribution in [2.75, 3.05) is 20.3 Å². The number of benzene rings is 2. The van der Waals surface area contributed by atoms with Gasteiger partial charge in [-0.15, -0.1) is 0 Å². The lowest BCUT2D eigenvalue weighted by Gasteiger charge is -2.05. The van der Waals surface area contributed by atoms with E-state index in [-0.39, 0.29) is 18.0 Å². The molecule has 0 amide bonds. The Kier molecular flexibility index (Phi) is 6.24. The second-order valence-corrected chi connectivity index (χ2v) is 6.67. The number of sulfonamides is 1. The number of aryl methyl sites for hydroxylation is 1. The van der Waals surface area contributed by atoms with E-state index in [0.29, 0.717) is 5.75 Å². The van der Waals surface area contributed by atoms with E-state index in [1.54, 1.807) is 12.1 Å². The van der Waals surface area contributed by atoms with Crippen LogP contribution >= 0.6 is 0 Å². The third kappa shape index (κ3) is 5.01. The van der Waals surface area contributed by atoms with Gasteiger partial charge in [0.1, 0.15) is 18.1 Å². The van der Waals surface area contributed by atoms with Gasteiger partial charge in [-0.3, -0.25) is 0 Å². The topological polar surface area (TPSA) is 64.6 Å². The molecular weight excluding hydrogens is 326 g/mol. The van der Waals surface area contributed by atoms with E-state index in [1.165, 1.54) is 19.2 Å². The first kappa shape index (κ1) is 17.9. The zero-order chi connectivity index (χ0) is 17.4.